The lowest BCUT2D eigenvalue weighted by Crippen LogP contribution is -2.35. The van der Waals surface area contributed by atoms with Gasteiger partial charge in [0.25, 0.3) is 0 Å². The van der Waals surface area contributed by atoms with Crippen LogP contribution in [0, 0.1) is 17.3 Å². The Hall–Kier alpha value is -0.920. The molecule has 0 aromatic rings. The van der Waals surface area contributed by atoms with E-state index in [-0.39, 0.29) is 28.8 Å². The van der Waals surface area contributed by atoms with Gasteiger partial charge in [-0.1, -0.05) is 26.8 Å². The number of carbonyl (C=O) groups is 2. The molecule has 15 heavy (non-hydrogen) atoms. The van der Waals surface area contributed by atoms with E-state index in [0.717, 1.165) is 12.8 Å². The molecule has 0 amide bonds. The van der Waals surface area contributed by atoms with Gasteiger partial charge in [0, 0.05) is 11.8 Å². The van der Waals surface area contributed by atoms with Gasteiger partial charge in [-0.05, 0) is 31.3 Å². The molecule has 84 valence electrons. The molecular formula is C13H20O2. The lowest BCUT2D eigenvalue weighted by atomic mass is 9.67. The molecule has 0 heterocycles. The standard InChI is InChI=1S/C13H20O2/c1-9-7-13(3,4)8-11(12(9)15)6-5-10(2)14/h5-6,9,11H,7-8H2,1-4H3. The summed E-state index contributed by atoms with van der Waals surface area (Å²) >= 11 is 0. The monoisotopic (exact) mass is 208 g/mol. The first-order valence-electron chi connectivity index (χ1n) is 5.54. The van der Waals surface area contributed by atoms with Gasteiger partial charge in [-0.25, -0.2) is 0 Å². The van der Waals surface area contributed by atoms with E-state index in [1.165, 1.54) is 13.0 Å². The number of hydrogen-bond acceptors (Lipinski definition) is 2. The summed E-state index contributed by atoms with van der Waals surface area (Å²) in [5.74, 6) is 0.355. The van der Waals surface area contributed by atoms with E-state index in [0.29, 0.717) is 0 Å². The number of ketones is 2. The molecule has 1 saturated carbocycles. The van der Waals surface area contributed by atoms with Gasteiger partial charge in [0.05, 0.1) is 0 Å². The van der Waals surface area contributed by atoms with Crippen LogP contribution in [-0.4, -0.2) is 11.6 Å². The van der Waals surface area contributed by atoms with Gasteiger partial charge >= 0.3 is 0 Å². The lowest BCUT2D eigenvalue weighted by molar-refractivity contribution is -0.129. The average molecular weight is 208 g/mol. The fraction of sp³-hybridized carbons (Fsp3) is 0.692. The van der Waals surface area contributed by atoms with Gasteiger partial charge in [0.1, 0.15) is 5.78 Å². The Bertz CT molecular complexity index is 300. The van der Waals surface area contributed by atoms with E-state index < -0.39 is 0 Å². The topological polar surface area (TPSA) is 34.1 Å². The summed E-state index contributed by atoms with van der Waals surface area (Å²) < 4.78 is 0. The zero-order chi connectivity index (χ0) is 11.6. The van der Waals surface area contributed by atoms with E-state index in [4.69, 9.17) is 0 Å². The molecule has 2 atom stereocenters. The predicted molar refractivity (Wildman–Crippen MR) is 60.5 cm³/mol. The minimum absolute atomic E-state index is 0.0128. The van der Waals surface area contributed by atoms with Crippen LogP contribution in [0.4, 0.5) is 0 Å². The molecule has 1 rings (SSSR count). The van der Waals surface area contributed by atoms with Crippen molar-refractivity contribution in [3.8, 4) is 0 Å². The maximum absolute atomic E-state index is 11.9. The third-order valence-electron chi connectivity index (χ3n) is 3.05. The second-order valence-electron chi connectivity index (χ2n) is 5.45. The van der Waals surface area contributed by atoms with Crippen LogP contribution in [0.25, 0.3) is 0 Å². The van der Waals surface area contributed by atoms with Crippen molar-refractivity contribution in [2.45, 2.75) is 40.5 Å². The summed E-state index contributed by atoms with van der Waals surface area (Å²) in [4.78, 5) is 22.7. The smallest absolute Gasteiger partial charge is 0.152 e. The fourth-order valence-electron chi connectivity index (χ4n) is 2.49. The van der Waals surface area contributed by atoms with E-state index in [9.17, 15) is 9.59 Å². The molecule has 0 aromatic heterocycles. The minimum Gasteiger partial charge on any atom is -0.299 e. The summed E-state index contributed by atoms with van der Waals surface area (Å²) in [5, 5.41) is 0. The van der Waals surface area contributed by atoms with E-state index >= 15 is 0 Å². The molecule has 2 unspecified atom stereocenters. The molecule has 0 spiro atoms. The van der Waals surface area contributed by atoms with Crippen molar-refractivity contribution in [3.63, 3.8) is 0 Å². The van der Waals surface area contributed by atoms with Crippen molar-refractivity contribution in [3.05, 3.63) is 12.2 Å². The maximum atomic E-state index is 11.9. The quantitative estimate of drug-likeness (QED) is 0.654. The highest BCUT2D eigenvalue weighted by molar-refractivity contribution is 5.90. The van der Waals surface area contributed by atoms with Crippen LogP contribution in [0.3, 0.4) is 0 Å². The maximum Gasteiger partial charge on any atom is 0.152 e. The number of hydrogen-bond donors (Lipinski definition) is 0. The first-order valence-corrected chi connectivity index (χ1v) is 5.54. The van der Waals surface area contributed by atoms with Crippen molar-refractivity contribution in [1.29, 1.82) is 0 Å². The van der Waals surface area contributed by atoms with Gasteiger partial charge in [-0.2, -0.15) is 0 Å². The summed E-state index contributed by atoms with van der Waals surface area (Å²) in [6.45, 7) is 7.87. The Morgan fingerprint density at radius 3 is 2.53 bits per heavy atom. The molecule has 1 aliphatic rings. The van der Waals surface area contributed by atoms with Crippen molar-refractivity contribution in [2.24, 2.45) is 17.3 Å². The minimum atomic E-state index is -0.0624. The Morgan fingerprint density at radius 1 is 1.40 bits per heavy atom. The largest absolute Gasteiger partial charge is 0.299 e. The molecule has 0 saturated heterocycles. The number of carbonyl (C=O) groups excluding carboxylic acids is 2. The van der Waals surface area contributed by atoms with E-state index in [2.05, 4.69) is 13.8 Å². The number of rotatable bonds is 2. The first-order chi connectivity index (χ1) is 6.82. The van der Waals surface area contributed by atoms with Gasteiger partial charge in [-0.3, -0.25) is 9.59 Å². The molecule has 1 fully saturated rings. The highest BCUT2D eigenvalue weighted by atomic mass is 16.1. The second-order valence-corrected chi connectivity index (χ2v) is 5.45. The molecule has 2 nitrogen and oxygen atoms in total. The zero-order valence-corrected chi connectivity index (χ0v) is 10.0. The third-order valence-corrected chi connectivity index (χ3v) is 3.05. The molecule has 0 aliphatic heterocycles. The van der Waals surface area contributed by atoms with Crippen molar-refractivity contribution < 1.29 is 9.59 Å². The van der Waals surface area contributed by atoms with E-state index in [1.54, 1.807) is 6.08 Å². The molecule has 0 aromatic carbocycles. The fourth-order valence-corrected chi connectivity index (χ4v) is 2.49. The molecule has 1 aliphatic carbocycles. The van der Waals surface area contributed by atoms with Crippen LogP contribution in [0.1, 0.15) is 40.5 Å². The Balaban J connectivity index is 2.78. The summed E-state index contributed by atoms with van der Waals surface area (Å²) in [5.41, 5.74) is 0.207. The van der Waals surface area contributed by atoms with Crippen LogP contribution in [0.15, 0.2) is 12.2 Å². The zero-order valence-electron chi connectivity index (χ0n) is 10.0. The molecule has 2 heteroatoms. The van der Waals surface area contributed by atoms with Crippen LogP contribution in [-0.2, 0) is 9.59 Å². The van der Waals surface area contributed by atoms with Gasteiger partial charge in [-0.15, -0.1) is 0 Å². The second kappa shape index (κ2) is 4.30. The lowest BCUT2D eigenvalue weighted by Gasteiger charge is -2.36. The highest BCUT2D eigenvalue weighted by Gasteiger charge is 2.36. The Morgan fingerprint density at radius 2 is 2.00 bits per heavy atom. The van der Waals surface area contributed by atoms with Crippen LogP contribution >= 0.6 is 0 Å². The summed E-state index contributed by atoms with van der Waals surface area (Å²) in [6.07, 6.45) is 5.12. The Labute approximate surface area is 91.7 Å². The van der Waals surface area contributed by atoms with Crippen LogP contribution in [0.2, 0.25) is 0 Å². The normalized spacial score (nSPS) is 30.8. The molecular weight excluding hydrogens is 188 g/mol. The Kier molecular flexibility index (Phi) is 3.48. The van der Waals surface area contributed by atoms with Crippen molar-refractivity contribution in [1.82, 2.24) is 0 Å². The number of Topliss-reactive ketones (excluding diaryl/α,β-unsaturated/α-hetero) is 1. The molecule has 0 radical (unpaired) electrons. The molecule has 0 bridgehead atoms. The van der Waals surface area contributed by atoms with Gasteiger partial charge < -0.3 is 0 Å². The summed E-state index contributed by atoms with van der Waals surface area (Å²) in [6, 6.07) is 0. The summed E-state index contributed by atoms with van der Waals surface area (Å²) in [7, 11) is 0. The van der Waals surface area contributed by atoms with Gasteiger partial charge in [0.15, 0.2) is 5.78 Å². The van der Waals surface area contributed by atoms with Crippen LogP contribution < -0.4 is 0 Å². The highest BCUT2D eigenvalue weighted by Crippen LogP contribution is 2.40. The molecule has 0 N–H and O–H groups in total. The van der Waals surface area contributed by atoms with E-state index in [1.807, 2.05) is 6.92 Å². The predicted octanol–water partition coefficient (Wildman–Crippen LogP) is 2.77. The van der Waals surface area contributed by atoms with Gasteiger partial charge in [0.2, 0.25) is 0 Å². The third kappa shape index (κ3) is 3.29. The average Bonchev–Trinajstić information content (AvgIpc) is 2.08. The van der Waals surface area contributed by atoms with Crippen molar-refractivity contribution in [2.75, 3.05) is 0 Å². The number of allylic oxidation sites excluding steroid dienone is 2. The SMILES string of the molecule is CC(=O)C=CC1CC(C)(C)CC(C)C1=O. The first kappa shape index (κ1) is 12.2. The van der Waals surface area contributed by atoms with Crippen LogP contribution in [0.5, 0.6) is 0 Å². The van der Waals surface area contributed by atoms with Crippen molar-refractivity contribution >= 4 is 11.6 Å².